The molecule has 0 unspecified atom stereocenters. The van der Waals surface area contributed by atoms with E-state index in [0.717, 1.165) is 0 Å². The van der Waals surface area contributed by atoms with Gasteiger partial charge in [-0.15, -0.1) is 0 Å². The fraction of sp³-hybridized carbons (Fsp3) is 0.188. The zero-order valence-corrected chi connectivity index (χ0v) is 14.1. The third-order valence-corrected chi connectivity index (χ3v) is 3.72. The fourth-order valence-corrected chi connectivity index (χ4v) is 2.21. The van der Waals surface area contributed by atoms with Crippen molar-refractivity contribution in [1.82, 2.24) is 4.98 Å². The summed E-state index contributed by atoms with van der Waals surface area (Å²) in [6.45, 7) is 1.08. The highest BCUT2D eigenvalue weighted by Crippen LogP contribution is 2.25. The molecule has 126 valence electrons. The molecule has 0 radical (unpaired) electrons. The molecule has 2 rings (SSSR count). The van der Waals surface area contributed by atoms with E-state index >= 15 is 0 Å². The molecule has 24 heavy (non-hydrogen) atoms. The van der Waals surface area contributed by atoms with E-state index in [9.17, 15) is 14.7 Å². The molecule has 0 fully saturated rings. The van der Waals surface area contributed by atoms with E-state index in [1.165, 1.54) is 6.07 Å². The Bertz CT molecular complexity index is 753. The molecule has 0 bridgehead atoms. The van der Waals surface area contributed by atoms with Crippen LogP contribution in [0.5, 0.6) is 0 Å². The number of hydrogen-bond acceptors (Lipinski definition) is 5. The Balaban J connectivity index is 1.91. The quantitative estimate of drug-likeness (QED) is 0.792. The number of aliphatic hydroxyl groups excluding tert-OH is 1. The lowest BCUT2D eigenvalue weighted by Gasteiger charge is -2.11. The minimum atomic E-state index is -1.46. The number of esters is 1. The van der Waals surface area contributed by atoms with Crippen molar-refractivity contribution in [3.05, 3.63) is 57.7 Å². The molecule has 0 aliphatic carbocycles. The van der Waals surface area contributed by atoms with Gasteiger partial charge in [-0.25, -0.2) is 9.78 Å². The van der Waals surface area contributed by atoms with Gasteiger partial charge in [0.05, 0.1) is 15.7 Å². The van der Waals surface area contributed by atoms with Gasteiger partial charge in [0.25, 0.3) is 5.91 Å². The summed E-state index contributed by atoms with van der Waals surface area (Å²) in [6.07, 6.45) is -1.46. The number of hydrogen-bond donors (Lipinski definition) is 2. The number of rotatable bonds is 5. The smallest absolute Gasteiger partial charge is 0.340 e. The average Bonchev–Trinajstić information content (AvgIpc) is 2.57. The highest BCUT2D eigenvalue weighted by atomic mass is 35.5. The number of carbonyl (C=O) groups is 2. The topological polar surface area (TPSA) is 88.5 Å². The molecule has 0 saturated heterocycles. The van der Waals surface area contributed by atoms with Crippen molar-refractivity contribution in [3.63, 3.8) is 0 Å². The normalized spacial score (nSPS) is 11.7. The van der Waals surface area contributed by atoms with Gasteiger partial charge in [-0.1, -0.05) is 53.5 Å². The van der Waals surface area contributed by atoms with E-state index in [2.05, 4.69) is 10.3 Å². The number of aliphatic hydroxyl groups is 1. The molecule has 8 heteroatoms. The van der Waals surface area contributed by atoms with E-state index < -0.39 is 24.6 Å². The summed E-state index contributed by atoms with van der Waals surface area (Å²) in [5.41, 5.74) is 0.869. The molecule has 6 nitrogen and oxygen atoms in total. The van der Waals surface area contributed by atoms with Gasteiger partial charge in [-0.2, -0.15) is 0 Å². The maximum Gasteiger partial charge on any atom is 0.340 e. The number of halogens is 2. The van der Waals surface area contributed by atoms with Crippen LogP contribution in [0.25, 0.3) is 0 Å². The van der Waals surface area contributed by atoms with Crippen LogP contribution >= 0.6 is 23.2 Å². The van der Waals surface area contributed by atoms with Gasteiger partial charge in [-0.3, -0.25) is 4.79 Å². The van der Waals surface area contributed by atoms with Gasteiger partial charge in [0.15, 0.2) is 18.5 Å². The Hall–Kier alpha value is -2.15. The number of amides is 1. The van der Waals surface area contributed by atoms with Crippen LogP contribution in [0.1, 0.15) is 17.4 Å². The number of nitrogens with zero attached hydrogens (tertiary/aromatic N) is 1. The monoisotopic (exact) mass is 368 g/mol. The minimum absolute atomic E-state index is 0.114. The molecule has 2 aromatic rings. The Kier molecular flexibility index (Phi) is 6.14. The van der Waals surface area contributed by atoms with Gasteiger partial charge < -0.3 is 15.2 Å². The minimum Gasteiger partial charge on any atom is -0.453 e. The van der Waals surface area contributed by atoms with Gasteiger partial charge in [0.1, 0.15) is 0 Å². The fourth-order valence-electron chi connectivity index (χ4n) is 1.80. The summed E-state index contributed by atoms with van der Waals surface area (Å²) in [7, 11) is 0. The van der Waals surface area contributed by atoms with E-state index in [0.29, 0.717) is 16.3 Å². The molecule has 1 heterocycles. The second-order valence-electron chi connectivity index (χ2n) is 4.86. The van der Waals surface area contributed by atoms with Gasteiger partial charge in [-0.05, 0) is 18.6 Å². The molecular weight excluding hydrogens is 355 g/mol. The molecule has 2 N–H and O–H groups in total. The number of nitrogens with one attached hydrogen (secondary N) is 1. The summed E-state index contributed by atoms with van der Waals surface area (Å²) in [6, 6.07) is 9.70. The Morgan fingerprint density at radius 3 is 2.58 bits per heavy atom. The van der Waals surface area contributed by atoms with E-state index in [4.69, 9.17) is 27.9 Å². The van der Waals surface area contributed by atoms with Gasteiger partial charge >= 0.3 is 5.97 Å². The standard InChI is InChI=1S/C16H14Cl2N2O4/c1-9-11(17)7-12(18)15(19-9)20-13(21)8-24-16(23)14(22)10-5-3-2-4-6-10/h2-7,14,22H,8H2,1H3,(H,19,20,21)/t14-/m1/s1. The maximum absolute atomic E-state index is 11.8. The van der Waals surface area contributed by atoms with Crippen LogP contribution in [-0.4, -0.2) is 28.6 Å². The van der Waals surface area contributed by atoms with Crippen LogP contribution in [-0.2, 0) is 14.3 Å². The molecule has 1 aromatic carbocycles. The third-order valence-electron chi connectivity index (χ3n) is 3.05. The number of aryl methyl sites for hydroxylation is 1. The zero-order valence-electron chi connectivity index (χ0n) is 12.6. The lowest BCUT2D eigenvalue weighted by Crippen LogP contribution is -2.24. The van der Waals surface area contributed by atoms with E-state index in [-0.39, 0.29) is 10.8 Å². The van der Waals surface area contributed by atoms with Crippen LogP contribution in [0.2, 0.25) is 10.0 Å². The number of benzene rings is 1. The van der Waals surface area contributed by atoms with Gasteiger partial charge in [0.2, 0.25) is 0 Å². The van der Waals surface area contributed by atoms with Crippen molar-refractivity contribution in [2.45, 2.75) is 13.0 Å². The molecule has 0 aliphatic rings. The predicted octanol–water partition coefficient (Wildman–Crippen LogP) is 2.91. The number of pyridine rings is 1. The summed E-state index contributed by atoms with van der Waals surface area (Å²) in [4.78, 5) is 27.6. The van der Waals surface area contributed by atoms with Crippen LogP contribution in [0.3, 0.4) is 0 Å². The molecule has 0 spiro atoms. The summed E-state index contributed by atoms with van der Waals surface area (Å²) < 4.78 is 4.79. The second-order valence-corrected chi connectivity index (χ2v) is 5.67. The summed E-state index contributed by atoms with van der Waals surface area (Å²) in [5.74, 6) is -1.45. The molecule has 1 amide bonds. The van der Waals surface area contributed by atoms with Crippen molar-refractivity contribution in [1.29, 1.82) is 0 Å². The summed E-state index contributed by atoms with van der Waals surface area (Å²) in [5, 5.41) is 12.8. The number of aromatic nitrogens is 1. The first-order valence-electron chi connectivity index (χ1n) is 6.90. The molecule has 1 aromatic heterocycles. The first kappa shape index (κ1) is 18.2. The Morgan fingerprint density at radius 2 is 1.92 bits per heavy atom. The highest BCUT2D eigenvalue weighted by molar-refractivity contribution is 6.36. The molecule has 0 saturated carbocycles. The zero-order chi connectivity index (χ0) is 17.7. The van der Waals surface area contributed by atoms with Crippen molar-refractivity contribution >= 4 is 40.9 Å². The predicted molar refractivity (Wildman–Crippen MR) is 90.0 cm³/mol. The first-order chi connectivity index (χ1) is 11.4. The summed E-state index contributed by atoms with van der Waals surface area (Å²) >= 11 is 11.8. The maximum atomic E-state index is 11.8. The highest BCUT2D eigenvalue weighted by Gasteiger charge is 2.20. The number of carbonyl (C=O) groups excluding carboxylic acids is 2. The first-order valence-corrected chi connectivity index (χ1v) is 7.66. The van der Waals surface area contributed by atoms with Crippen molar-refractivity contribution in [2.75, 3.05) is 11.9 Å². The van der Waals surface area contributed by atoms with E-state index in [1.807, 2.05) is 0 Å². The van der Waals surface area contributed by atoms with Crippen LogP contribution in [0.15, 0.2) is 36.4 Å². The van der Waals surface area contributed by atoms with Crippen molar-refractivity contribution in [2.24, 2.45) is 0 Å². The Labute approximate surface area is 148 Å². The van der Waals surface area contributed by atoms with E-state index in [1.54, 1.807) is 37.3 Å². The largest absolute Gasteiger partial charge is 0.453 e. The molecule has 0 aliphatic heterocycles. The average molecular weight is 369 g/mol. The molecular formula is C16H14Cl2N2O4. The number of ether oxygens (including phenoxy) is 1. The lowest BCUT2D eigenvalue weighted by atomic mass is 10.1. The van der Waals surface area contributed by atoms with Gasteiger partial charge in [0, 0.05) is 0 Å². The Morgan fingerprint density at radius 1 is 1.25 bits per heavy atom. The van der Waals surface area contributed by atoms with Crippen molar-refractivity contribution < 1.29 is 19.4 Å². The lowest BCUT2D eigenvalue weighted by molar-refractivity contribution is -0.156. The van der Waals surface area contributed by atoms with Crippen LogP contribution in [0, 0.1) is 6.92 Å². The SMILES string of the molecule is Cc1nc(NC(=O)COC(=O)[C@H](O)c2ccccc2)c(Cl)cc1Cl. The van der Waals surface area contributed by atoms with Crippen LogP contribution < -0.4 is 5.32 Å². The third kappa shape index (κ3) is 4.67. The van der Waals surface area contributed by atoms with Crippen LogP contribution in [0.4, 0.5) is 5.82 Å². The second kappa shape index (κ2) is 8.10. The van der Waals surface area contributed by atoms with Crippen molar-refractivity contribution in [3.8, 4) is 0 Å². The molecule has 1 atom stereocenters. The number of anilines is 1.